The number of hydrogen-bond donors (Lipinski definition) is 1. The number of nitrogens with zero attached hydrogens (tertiary/aromatic N) is 1. The highest BCUT2D eigenvalue weighted by atomic mass is 16.5. The van der Waals surface area contributed by atoms with Crippen molar-refractivity contribution < 1.29 is 14.3 Å². The molecule has 1 heterocycles. The number of anilines is 1. The van der Waals surface area contributed by atoms with Gasteiger partial charge in [-0.15, -0.1) is 0 Å². The molecular weight excluding hydrogens is 424 g/mol. The molecule has 5 heteroatoms. The molecule has 0 radical (unpaired) electrons. The molecule has 2 aromatic carbocycles. The van der Waals surface area contributed by atoms with Crippen molar-refractivity contribution in [1.82, 2.24) is 4.90 Å². The highest BCUT2D eigenvalue weighted by Gasteiger charge is 2.41. The molecule has 2 atom stereocenters. The summed E-state index contributed by atoms with van der Waals surface area (Å²) in [6, 6.07) is 15.8. The van der Waals surface area contributed by atoms with Crippen molar-refractivity contribution in [2.45, 2.75) is 57.8 Å². The van der Waals surface area contributed by atoms with Crippen molar-refractivity contribution in [3.05, 3.63) is 54.1 Å². The molecule has 2 fully saturated rings. The van der Waals surface area contributed by atoms with Crippen molar-refractivity contribution in [3.8, 4) is 11.5 Å². The van der Waals surface area contributed by atoms with E-state index in [1.165, 1.54) is 12.8 Å². The van der Waals surface area contributed by atoms with Gasteiger partial charge in [0, 0.05) is 25.3 Å². The topological polar surface area (TPSA) is 50.8 Å². The Kier molecular flexibility index (Phi) is 8.15. The Bertz CT molecular complexity index is 909. The molecule has 2 aromatic rings. The lowest BCUT2D eigenvalue weighted by Crippen LogP contribution is -2.42. The first-order valence-electron chi connectivity index (χ1n) is 12.9. The van der Waals surface area contributed by atoms with Gasteiger partial charge in [0.05, 0.1) is 12.5 Å². The van der Waals surface area contributed by atoms with Gasteiger partial charge >= 0.3 is 0 Å². The largest absolute Gasteiger partial charge is 0.497 e. The molecule has 0 bridgehead atoms. The second-order valence-electron chi connectivity index (χ2n) is 10.4. The molecule has 5 nitrogen and oxygen atoms in total. The molecule has 1 aliphatic carbocycles. The second-order valence-corrected chi connectivity index (χ2v) is 10.4. The molecule has 1 saturated carbocycles. The summed E-state index contributed by atoms with van der Waals surface area (Å²) < 4.78 is 11.3. The number of ether oxygens (including phenoxy) is 2. The van der Waals surface area contributed by atoms with Crippen molar-refractivity contribution >= 4 is 11.6 Å². The van der Waals surface area contributed by atoms with Crippen LogP contribution in [0.1, 0.15) is 57.9 Å². The monoisotopic (exact) mass is 464 g/mol. The molecule has 1 N–H and O–H groups in total. The molecule has 0 spiro atoms. The third-order valence-electron chi connectivity index (χ3n) is 7.52. The average Bonchev–Trinajstić information content (AvgIpc) is 2.85. The zero-order chi connectivity index (χ0) is 24.0. The minimum Gasteiger partial charge on any atom is -0.497 e. The Morgan fingerprint density at radius 1 is 0.941 bits per heavy atom. The zero-order valence-electron chi connectivity index (χ0n) is 21.0. The van der Waals surface area contributed by atoms with Gasteiger partial charge in [0.15, 0.2) is 0 Å². The van der Waals surface area contributed by atoms with E-state index in [9.17, 15) is 4.79 Å². The van der Waals surface area contributed by atoms with Gasteiger partial charge in [0.25, 0.3) is 0 Å². The normalized spacial score (nSPS) is 22.7. The zero-order valence-corrected chi connectivity index (χ0v) is 21.0. The minimum atomic E-state index is -0.484. The quantitative estimate of drug-likeness (QED) is 0.529. The molecule has 1 saturated heterocycles. The third-order valence-corrected chi connectivity index (χ3v) is 7.52. The van der Waals surface area contributed by atoms with Crippen LogP contribution in [0.3, 0.4) is 0 Å². The van der Waals surface area contributed by atoms with Crippen LogP contribution >= 0.6 is 0 Å². The summed E-state index contributed by atoms with van der Waals surface area (Å²) in [5.41, 5.74) is 1.41. The Morgan fingerprint density at radius 3 is 2.18 bits per heavy atom. The molecule has 184 valence electrons. The maximum atomic E-state index is 13.6. The van der Waals surface area contributed by atoms with Crippen molar-refractivity contribution in [3.63, 3.8) is 0 Å². The van der Waals surface area contributed by atoms with Gasteiger partial charge in [0.1, 0.15) is 18.1 Å². The molecule has 0 unspecified atom stereocenters. The molecule has 34 heavy (non-hydrogen) atoms. The molecular formula is C29H40N2O3. The number of amides is 1. The van der Waals surface area contributed by atoms with E-state index >= 15 is 0 Å². The molecule has 1 aliphatic heterocycles. The van der Waals surface area contributed by atoms with Crippen LogP contribution in [0.25, 0.3) is 0 Å². The van der Waals surface area contributed by atoms with E-state index in [0.29, 0.717) is 6.61 Å². The fourth-order valence-electron chi connectivity index (χ4n) is 5.86. The molecule has 0 aromatic heterocycles. The summed E-state index contributed by atoms with van der Waals surface area (Å²) in [4.78, 5) is 16.1. The number of hydrogen-bond acceptors (Lipinski definition) is 4. The number of rotatable bonds is 8. The van der Waals surface area contributed by atoms with Crippen LogP contribution in [0.4, 0.5) is 5.69 Å². The van der Waals surface area contributed by atoms with E-state index in [1.54, 1.807) is 7.11 Å². The Morgan fingerprint density at radius 2 is 1.56 bits per heavy atom. The first-order chi connectivity index (χ1) is 16.5. The predicted molar refractivity (Wildman–Crippen MR) is 138 cm³/mol. The van der Waals surface area contributed by atoms with E-state index < -0.39 is 5.41 Å². The summed E-state index contributed by atoms with van der Waals surface area (Å²) in [5.74, 6) is 3.27. The average molecular weight is 465 g/mol. The van der Waals surface area contributed by atoms with Gasteiger partial charge in [-0.05, 0) is 73.1 Å². The van der Waals surface area contributed by atoms with Gasteiger partial charge in [-0.2, -0.15) is 0 Å². The maximum absolute atomic E-state index is 13.6. The van der Waals surface area contributed by atoms with E-state index in [2.05, 4.69) is 24.1 Å². The third kappa shape index (κ3) is 5.93. The summed E-state index contributed by atoms with van der Waals surface area (Å²) in [6.45, 7) is 8.64. The number of methoxy groups -OCH3 is 1. The number of benzene rings is 2. The van der Waals surface area contributed by atoms with Crippen LogP contribution in [0.15, 0.2) is 48.5 Å². The Balaban J connectivity index is 1.35. The summed E-state index contributed by atoms with van der Waals surface area (Å²) in [5, 5.41) is 3.19. The number of nitrogens with one attached hydrogen (secondary N) is 1. The van der Waals surface area contributed by atoms with Gasteiger partial charge in [-0.1, -0.05) is 45.2 Å². The Hall–Kier alpha value is -2.53. The van der Waals surface area contributed by atoms with E-state index in [4.69, 9.17) is 9.47 Å². The van der Waals surface area contributed by atoms with Crippen molar-refractivity contribution in [1.29, 1.82) is 0 Å². The van der Waals surface area contributed by atoms with Gasteiger partial charge in [-0.25, -0.2) is 0 Å². The lowest BCUT2D eigenvalue weighted by Gasteiger charge is -2.36. The van der Waals surface area contributed by atoms with Gasteiger partial charge in [-0.3, -0.25) is 9.69 Å². The van der Waals surface area contributed by atoms with Crippen LogP contribution in [0.2, 0.25) is 0 Å². The molecule has 4 rings (SSSR count). The molecule has 1 amide bonds. The fourth-order valence-corrected chi connectivity index (χ4v) is 5.86. The first kappa shape index (κ1) is 24.6. The highest BCUT2D eigenvalue weighted by molar-refractivity contribution is 5.99. The fraction of sp³-hybridized carbons (Fsp3) is 0.552. The van der Waals surface area contributed by atoms with E-state index in [0.717, 1.165) is 79.9 Å². The van der Waals surface area contributed by atoms with E-state index in [1.807, 2.05) is 48.5 Å². The van der Waals surface area contributed by atoms with Gasteiger partial charge in [0.2, 0.25) is 5.91 Å². The summed E-state index contributed by atoms with van der Waals surface area (Å²) >= 11 is 0. The minimum absolute atomic E-state index is 0.0828. The number of carbonyl (C=O) groups excluding carboxylic acids is 1. The van der Waals surface area contributed by atoms with Crippen LogP contribution in [0.5, 0.6) is 11.5 Å². The van der Waals surface area contributed by atoms with Crippen LogP contribution in [-0.4, -0.2) is 44.2 Å². The predicted octanol–water partition coefficient (Wildman–Crippen LogP) is 5.89. The van der Waals surface area contributed by atoms with Crippen molar-refractivity contribution in [2.24, 2.45) is 11.8 Å². The molecule has 2 aliphatic rings. The number of piperidine rings is 1. The van der Waals surface area contributed by atoms with Gasteiger partial charge < -0.3 is 14.8 Å². The SMILES string of the molecule is COc1ccc(C2(C(=O)Nc3ccc(OCCN4C[C@H](C)C[C@H](C)C4)cc3)CCCCC2)cc1. The van der Waals surface area contributed by atoms with E-state index in [-0.39, 0.29) is 5.91 Å². The maximum Gasteiger partial charge on any atom is 0.235 e. The summed E-state index contributed by atoms with van der Waals surface area (Å²) in [7, 11) is 1.67. The van der Waals surface area contributed by atoms with Crippen LogP contribution in [0, 0.1) is 11.8 Å². The lowest BCUT2D eigenvalue weighted by molar-refractivity contribution is -0.122. The Labute approximate surface area is 204 Å². The lowest BCUT2D eigenvalue weighted by atomic mass is 9.68. The summed E-state index contributed by atoms with van der Waals surface area (Å²) in [6.07, 6.45) is 6.40. The highest BCUT2D eigenvalue weighted by Crippen LogP contribution is 2.41. The second kappa shape index (κ2) is 11.3. The van der Waals surface area contributed by atoms with Crippen LogP contribution < -0.4 is 14.8 Å². The smallest absolute Gasteiger partial charge is 0.235 e. The van der Waals surface area contributed by atoms with Crippen LogP contribution in [-0.2, 0) is 10.2 Å². The first-order valence-corrected chi connectivity index (χ1v) is 12.9. The number of likely N-dealkylation sites (tertiary alicyclic amines) is 1. The standard InChI is InChI=1S/C29H40N2O3/c1-22-19-23(2)21-31(20-22)17-18-34-27-13-9-25(10-14-27)30-28(32)29(15-5-4-6-16-29)24-7-11-26(33-3)12-8-24/h7-14,22-23H,4-6,15-21H2,1-3H3,(H,30,32)/t22-,23+. The van der Waals surface area contributed by atoms with Crippen molar-refractivity contribution in [2.75, 3.05) is 38.7 Å². The number of carbonyl (C=O) groups is 1.